The first-order valence-corrected chi connectivity index (χ1v) is 10.4. The molecule has 0 aromatic heterocycles. The molecule has 2 N–H and O–H groups in total. The third kappa shape index (κ3) is 5.20. The molecule has 0 aliphatic carbocycles. The van der Waals surface area contributed by atoms with Gasteiger partial charge >= 0.3 is 0 Å². The second kappa shape index (κ2) is 8.63. The molecule has 0 fully saturated rings. The van der Waals surface area contributed by atoms with Gasteiger partial charge in [-0.25, -0.2) is 0 Å². The Morgan fingerprint density at radius 2 is 1.84 bits per heavy atom. The van der Waals surface area contributed by atoms with E-state index in [-0.39, 0.29) is 29.9 Å². The van der Waals surface area contributed by atoms with E-state index < -0.39 is 11.4 Å². The van der Waals surface area contributed by atoms with E-state index >= 15 is 0 Å². The number of carbonyl (C=O) groups is 2. The van der Waals surface area contributed by atoms with E-state index in [4.69, 9.17) is 9.73 Å². The van der Waals surface area contributed by atoms with Crippen molar-refractivity contribution in [1.82, 2.24) is 5.32 Å². The number of hydrogen-bond acceptors (Lipinski definition) is 5. The summed E-state index contributed by atoms with van der Waals surface area (Å²) in [5.41, 5.74) is 2.25. The van der Waals surface area contributed by atoms with Crippen molar-refractivity contribution in [2.24, 2.45) is 4.99 Å². The molecular formula is C25H30N2O4. The Labute approximate surface area is 183 Å². The molecule has 2 aromatic carbocycles. The summed E-state index contributed by atoms with van der Waals surface area (Å²) in [6.45, 7) is 7.32. The Balaban J connectivity index is 1.94. The minimum Gasteiger partial charge on any atom is -0.497 e. The summed E-state index contributed by atoms with van der Waals surface area (Å²) in [6, 6.07) is 12.6. The monoisotopic (exact) mass is 422 g/mol. The molecule has 0 radical (unpaired) electrons. The van der Waals surface area contributed by atoms with Crippen LogP contribution >= 0.6 is 0 Å². The molecule has 2 aromatic rings. The van der Waals surface area contributed by atoms with Crippen LogP contribution in [0, 0.1) is 0 Å². The smallest absolute Gasteiger partial charge is 0.252 e. The van der Waals surface area contributed by atoms with Gasteiger partial charge in [-0.05, 0) is 57.9 Å². The molecule has 0 unspecified atom stereocenters. The number of aliphatic imine (C=N–C) groups is 1. The van der Waals surface area contributed by atoms with Crippen LogP contribution in [0.3, 0.4) is 0 Å². The van der Waals surface area contributed by atoms with Crippen LogP contribution in [-0.2, 0) is 6.42 Å². The van der Waals surface area contributed by atoms with E-state index in [1.165, 1.54) is 0 Å². The molecule has 6 heteroatoms. The molecule has 0 spiro atoms. The molecule has 1 aliphatic rings. The van der Waals surface area contributed by atoms with Crippen molar-refractivity contribution in [3.63, 3.8) is 0 Å². The number of amides is 1. The van der Waals surface area contributed by atoms with Crippen LogP contribution in [0.4, 0.5) is 0 Å². The first kappa shape index (κ1) is 22.7. The van der Waals surface area contributed by atoms with Crippen LogP contribution in [0.5, 0.6) is 5.75 Å². The van der Waals surface area contributed by atoms with E-state index in [0.717, 1.165) is 17.5 Å². The number of aliphatic hydroxyl groups excluding tert-OH is 1. The maximum Gasteiger partial charge on any atom is 0.252 e. The lowest BCUT2D eigenvalue weighted by atomic mass is 9.84. The molecule has 3 rings (SSSR count). The average molecular weight is 423 g/mol. The molecule has 1 heterocycles. The van der Waals surface area contributed by atoms with Crippen LogP contribution in [-0.4, -0.2) is 47.3 Å². The van der Waals surface area contributed by atoms with Gasteiger partial charge < -0.3 is 15.2 Å². The van der Waals surface area contributed by atoms with E-state index in [0.29, 0.717) is 17.0 Å². The maximum absolute atomic E-state index is 13.3. The van der Waals surface area contributed by atoms with Gasteiger partial charge in [0.1, 0.15) is 5.75 Å². The molecule has 0 saturated heterocycles. The molecule has 6 nitrogen and oxygen atoms in total. The van der Waals surface area contributed by atoms with Crippen molar-refractivity contribution in [2.45, 2.75) is 51.6 Å². The summed E-state index contributed by atoms with van der Waals surface area (Å²) in [5, 5.41) is 12.2. The average Bonchev–Trinajstić information content (AvgIpc) is 2.72. The van der Waals surface area contributed by atoms with Crippen LogP contribution in [0.1, 0.15) is 66.0 Å². The minimum absolute atomic E-state index is 0.0806. The first-order valence-electron chi connectivity index (χ1n) is 10.4. The van der Waals surface area contributed by atoms with Crippen molar-refractivity contribution < 1.29 is 19.4 Å². The fourth-order valence-electron chi connectivity index (χ4n) is 3.76. The molecule has 0 bridgehead atoms. The number of aliphatic hydroxyl groups is 1. The number of nitrogens with one attached hydrogen (secondary N) is 1. The quantitative estimate of drug-likeness (QED) is 0.668. The number of nitrogens with zero attached hydrogens (tertiary/aromatic N) is 1. The van der Waals surface area contributed by atoms with Gasteiger partial charge in [0, 0.05) is 11.1 Å². The Morgan fingerprint density at radius 1 is 1.16 bits per heavy atom. The van der Waals surface area contributed by atoms with Gasteiger partial charge in [-0.1, -0.05) is 24.3 Å². The van der Waals surface area contributed by atoms with Gasteiger partial charge in [-0.15, -0.1) is 0 Å². The number of benzene rings is 2. The zero-order valence-electron chi connectivity index (χ0n) is 18.8. The molecular weight excluding hydrogens is 392 g/mol. The summed E-state index contributed by atoms with van der Waals surface area (Å²) in [4.78, 5) is 31.0. The van der Waals surface area contributed by atoms with E-state index in [9.17, 15) is 14.7 Å². The van der Waals surface area contributed by atoms with Crippen molar-refractivity contribution in [2.75, 3.05) is 13.7 Å². The number of rotatable bonds is 7. The van der Waals surface area contributed by atoms with Crippen molar-refractivity contribution in [1.29, 1.82) is 0 Å². The Kier molecular flexibility index (Phi) is 6.32. The third-order valence-corrected chi connectivity index (χ3v) is 5.34. The highest BCUT2D eigenvalue weighted by Crippen LogP contribution is 2.31. The Hall–Kier alpha value is -2.99. The SMILES string of the molecule is COc1ccc2c(c1)C(CC(=O)c1ccccc1C(=O)NC(C)(C)CO)=NC(C)(C)C2. The molecule has 0 atom stereocenters. The lowest BCUT2D eigenvalue weighted by molar-refractivity contribution is 0.0861. The van der Waals surface area contributed by atoms with Crippen molar-refractivity contribution in [3.05, 3.63) is 64.7 Å². The fraction of sp³-hybridized carbons (Fsp3) is 0.400. The van der Waals surface area contributed by atoms with Gasteiger partial charge in [0.05, 0.1) is 42.5 Å². The van der Waals surface area contributed by atoms with Crippen LogP contribution in [0.25, 0.3) is 0 Å². The second-order valence-corrected chi connectivity index (χ2v) is 9.21. The summed E-state index contributed by atoms with van der Waals surface area (Å²) in [6.07, 6.45) is 0.858. The standard InChI is InChI=1S/C25H30N2O4/c1-24(2)14-16-10-11-17(31-5)12-20(16)21(26-24)13-22(29)18-8-6-7-9-19(18)23(30)27-25(3,4)15-28/h6-12,28H,13-15H2,1-5H3,(H,27,30). The maximum atomic E-state index is 13.3. The topological polar surface area (TPSA) is 88.0 Å². The zero-order chi connectivity index (χ0) is 22.8. The Morgan fingerprint density at radius 3 is 2.48 bits per heavy atom. The van der Waals surface area contributed by atoms with Crippen molar-refractivity contribution >= 4 is 17.4 Å². The normalized spacial score (nSPS) is 15.0. The molecule has 1 aliphatic heterocycles. The zero-order valence-corrected chi connectivity index (χ0v) is 18.8. The molecule has 0 saturated carbocycles. The van der Waals surface area contributed by atoms with Crippen molar-refractivity contribution in [3.8, 4) is 5.75 Å². The van der Waals surface area contributed by atoms with Crippen LogP contribution in [0.15, 0.2) is 47.5 Å². The summed E-state index contributed by atoms with van der Waals surface area (Å²) in [5.74, 6) is 0.137. The van der Waals surface area contributed by atoms with Gasteiger partial charge in [-0.3, -0.25) is 14.6 Å². The number of carbonyl (C=O) groups excluding carboxylic acids is 2. The molecule has 1 amide bonds. The second-order valence-electron chi connectivity index (χ2n) is 9.21. The van der Waals surface area contributed by atoms with E-state index in [2.05, 4.69) is 5.32 Å². The van der Waals surface area contributed by atoms with Crippen LogP contribution in [0.2, 0.25) is 0 Å². The minimum atomic E-state index is -0.791. The summed E-state index contributed by atoms with van der Waals surface area (Å²) in [7, 11) is 1.61. The highest BCUT2D eigenvalue weighted by atomic mass is 16.5. The highest BCUT2D eigenvalue weighted by Gasteiger charge is 2.29. The van der Waals surface area contributed by atoms with Gasteiger partial charge in [-0.2, -0.15) is 0 Å². The fourth-order valence-corrected chi connectivity index (χ4v) is 3.76. The highest BCUT2D eigenvalue weighted by molar-refractivity contribution is 6.19. The lowest BCUT2D eigenvalue weighted by Gasteiger charge is -2.29. The number of ether oxygens (including phenoxy) is 1. The first-order chi connectivity index (χ1) is 14.5. The van der Waals surface area contributed by atoms with Gasteiger partial charge in [0.15, 0.2) is 5.78 Å². The number of hydrogen-bond donors (Lipinski definition) is 2. The number of methoxy groups -OCH3 is 1. The molecule has 31 heavy (non-hydrogen) atoms. The van der Waals surface area contributed by atoms with Gasteiger partial charge in [0.2, 0.25) is 0 Å². The van der Waals surface area contributed by atoms with E-state index in [1.807, 2.05) is 32.0 Å². The molecule has 164 valence electrons. The largest absolute Gasteiger partial charge is 0.497 e. The van der Waals surface area contributed by atoms with Gasteiger partial charge in [0.25, 0.3) is 5.91 Å². The van der Waals surface area contributed by atoms with E-state index in [1.54, 1.807) is 45.2 Å². The predicted molar refractivity (Wildman–Crippen MR) is 121 cm³/mol. The lowest BCUT2D eigenvalue weighted by Crippen LogP contribution is -2.46. The third-order valence-electron chi connectivity index (χ3n) is 5.34. The summed E-state index contributed by atoms with van der Waals surface area (Å²) < 4.78 is 5.36. The number of fused-ring (bicyclic) bond motifs is 1. The summed E-state index contributed by atoms with van der Waals surface area (Å²) >= 11 is 0. The number of ketones is 1. The predicted octanol–water partition coefficient (Wildman–Crippen LogP) is 3.59. The number of Topliss-reactive ketones (excluding diaryl/α,β-unsaturated/α-hetero) is 1. The van der Waals surface area contributed by atoms with Crippen LogP contribution < -0.4 is 10.1 Å². The Bertz CT molecular complexity index is 1040.